The van der Waals surface area contributed by atoms with Gasteiger partial charge in [-0.05, 0) is 84.5 Å². The first-order valence-electron chi connectivity index (χ1n) is 17.7. The largest absolute Gasteiger partial charge is 0.502 e. The zero-order chi connectivity index (χ0) is 40.5. The van der Waals surface area contributed by atoms with Gasteiger partial charge in [0, 0.05) is 28.8 Å². The molecule has 6 N–H and O–H groups in total. The van der Waals surface area contributed by atoms with Gasteiger partial charge < -0.3 is 25.8 Å². The Labute approximate surface area is 331 Å². The normalized spacial score (nSPS) is 11.9. The fourth-order valence-corrected chi connectivity index (χ4v) is 8.39. The molecular weight excluding hydrogens is 773 g/mol. The Hall–Kier alpha value is -6.59. The van der Waals surface area contributed by atoms with Gasteiger partial charge in [0.05, 0.1) is 22.5 Å². The zero-order valence-corrected chi connectivity index (χ0v) is 31.9. The summed E-state index contributed by atoms with van der Waals surface area (Å²) in [5, 5.41) is 36.9. The molecule has 57 heavy (non-hydrogen) atoms. The molecule has 0 aliphatic heterocycles. The first-order valence-corrected chi connectivity index (χ1v) is 20.2. The molecule has 0 aliphatic carbocycles. The number of thioether (sulfide) groups is 1. The number of benzene rings is 5. The molecule has 15 nitrogen and oxygen atoms in total. The SMILES string of the molecule is O=C(O)NCCCC[C@H](CSc1ccccc1)Nc1c(S(=O)(=O)NC(=O)c2ccc(-c3ccc4c(c3)[nH]c(=O)n4Cc3ccccc3)cc2)ccc(O)c1[N+](=O)[O-]. The van der Waals surface area contributed by atoms with Crippen LogP contribution in [0.25, 0.3) is 22.2 Å². The minimum absolute atomic E-state index is 0.0132. The predicted octanol–water partition coefficient (Wildman–Crippen LogP) is 6.79. The van der Waals surface area contributed by atoms with Crippen molar-refractivity contribution < 1.29 is 33.1 Å². The van der Waals surface area contributed by atoms with Crippen molar-refractivity contribution >= 4 is 56.2 Å². The average Bonchev–Trinajstić information content (AvgIpc) is 3.50. The molecular formula is C40H38N6O9S2. The van der Waals surface area contributed by atoms with E-state index in [1.165, 1.54) is 23.9 Å². The van der Waals surface area contributed by atoms with Crippen LogP contribution in [-0.2, 0) is 16.6 Å². The second kappa shape index (κ2) is 17.9. The van der Waals surface area contributed by atoms with Gasteiger partial charge >= 0.3 is 17.5 Å². The number of sulfonamides is 1. The molecule has 6 aromatic rings. The summed E-state index contributed by atoms with van der Waals surface area (Å²) in [5.74, 6) is -1.45. The molecule has 0 spiro atoms. The lowest BCUT2D eigenvalue weighted by Crippen LogP contribution is -2.32. The smallest absolute Gasteiger partial charge is 0.404 e. The number of anilines is 1. The van der Waals surface area contributed by atoms with Gasteiger partial charge in [-0.3, -0.25) is 19.5 Å². The summed E-state index contributed by atoms with van der Waals surface area (Å²) >= 11 is 1.42. The number of hydrogen-bond acceptors (Lipinski definition) is 10. The Morgan fingerprint density at radius 2 is 1.58 bits per heavy atom. The number of fused-ring (bicyclic) bond motifs is 1. The first-order chi connectivity index (χ1) is 27.4. The van der Waals surface area contributed by atoms with Crippen LogP contribution in [0.5, 0.6) is 5.75 Å². The number of carbonyl (C=O) groups excluding carboxylic acids is 1. The number of nitro groups is 1. The molecule has 6 rings (SSSR count). The van der Waals surface area contributed by atoms with Crippen LogP contribution in [0.4, 0.5) is 16.2 Å². The van der Waals surface area contributed by atoms with Gasteiger partial charge in [-0.15, -0.1) is 11.8 Å². The van der Waals surface area contributed by atoms with Gasteiger partial charge in [-0.2, -0.15) is 0 Å². The highest BCUT2D eigenvalue weighted by Gasteiger charge is 2.32. The lowest BCUT2D eigenvalue weighted by molar-refractivity contribution is -0.385. The predicted molar refractivity (Wildman–Crippen MR) is 217 cm³/mol. The Kier molecular flexibility index (Phi) is 12.6. The summed E-state index contributed by atoms with van der Waals surface area (Å²) in [6, 6.07) is 31.7. The first kappa shape index (κ1) is 40.1. The molecule has 0 bridgehead atoms. The van der Waals surface area contributed by atoms with Crippen LogP contribution in [0.15, 0.2) is 130 Å². The van der Waals surface area contributed by atoms with Crippen molar-refractivity contribution in [3.63, 3.8) is 0 Å². The third-order valence-electron chi connectivity index (χ3n) is 9.05. The zero-order valence-electron chi connectivity index (χ0n) is 30.3. The number of carbonyl (C=O) groups is 2. The highest BCUT2D eigenvalue weighted by molar-refractivity contribution is 7.99. The number of phenolic OH excluding ortho intramolecular Hbond substituents is 1. The lowest BCUT2D eigenvalue weighted by Gasteiger charge is -2.22. The van der Waals surface area contributed by atoms with Crippen molar-refractivity contribution in [3.05, 3.63) is 147 Å². The highest BCUT2D eigenvalue weighted by atomic mass is 32.2. The van der Waals surface area contributed by atoms with Gasteiger partial charge in [0.1, 0.15) is 10.6 Å². The van der Waals surface area contributed by atoms with Crippen LogP contribution in [0.1, 0.15) is 35.2 Å². The maximum atomic E-state index is 13.8. The number of aromatic nitrogens is 2. The molecule has 0 radical (unpaired) electrons. The molecule has 17 heteroatoms. The van der Waals surface area contributed by atoms with Crippen LogP contribution in [0.2, 0.25) is 0 Å². The lowest BCUT2D eigenvalue weighted by atomic mass is 10.0. The van der Waals surface area contributed by atoms with E-state index < -0.39 is 55.0 Å². The standard InChI is InChI=1S/C40H38N6O9S2/c47-34-20-21-35(36(37(34)46(52)53)42-30(11-7-8-22-41-40(50)51)25-56-31-12-5-2-6-13-31)57(54,55)44-38(48)28-16-14-27(15-17-28)29-18-19-33-32(23-29)43-39(49)45(33)24-26-9-3-1-4-10-26/h1-6,9-10,12-21,23,30,41-42,47H,7-8,11,22,24-25H2,(H,43,49)(H,44,48)(H,50,51)/t30-/m1/s1. The van der Waals surface area contributed by atoms with Crippen LogP contribution in [-0.4, -0.2) is 63.4 Å². The van der Waals surface area contributed by atoms with Crippen LogP contribution < -0.4 is 21.0 Å². The van der Waals surface area contributed by atoms with Crippen molar-refractivity contribution in [2.75, 3.05) is 17.6 Å². The highest BCUT2D eigenvalue weighted by Crippen LogP contribution is 2.40. The second-order valence-corrected chi connectivity index (χ2v) is 15.7. The van der Waals surface area contributed by atoms with E-state index in [9.17, 15) is 38.0 Å². The van der Waals surface area contributed by atoms with E-state index in [2.05, 4.69) is 15.6 Å². The van der Waals surface area contributed by atoms with Gasteiger partial charge in [0.25, 0.3) is 15.9 Å². The van der Waals surface area contributed by atoms with E-state index in [-0.39, 0.29) is 17.8 Å². The fraction of sp³-hybridized carbons (Fsp3) is 0.175. The number of aromatic amines is 1. The number of amides is 2. The van der Waals surface area contributed by atoms with Crippen LogP contribution in [0.3, 0.4) is 0 Å². The Morgan fingerprint density at radius 1 is 0.895 bits per heavy atom. The van der Waals surface area contributed by atoms with Gasteiger partial charge in [-0.25, -0.2) is 22.7 Å². The van der Waals surface area contributed by atoms with Crippen molar-refractivity contribution in [1.29, 1.82) is 0 Å². The van der Waals surface area contributed by atoms with E-state index in [0.717, 1.165) is 28.2 Å². The van der Waals surface area contributed by atoms with Crippen molar-refractivity contribution in [2.45, 2.75) is 41.6 Å². The maximum Gasteiger partial charge on any atom is 0.404 e. The minimum Gasteiger partial charge on any atom is -0.502 e. The molecule has 1 heterocycles. The van der Waals surface area contributed by atoms with E-state index >= 15 is 0 Å². The quantitative estimate of drug-likeness (QED) is 0.0243. The number of aromatic hydroxyl groups is 1. The minimum atomic E-state index is -4.77. The Bertz CT molecular complexity index is 2560. The topological polar surface area (TPSA) is 226 Å². The van der Waals surface area contributed by atoms with E-state index in [1.54, 1.807) is 16.7 Å². The summed E-state index contributed by atoms with van der Waals surface area (Å²) < 4.78 is 31.3. The number of hydrogen-bond donors (Lipinski definition) is 6. The molecule has 2 amide bonds. The average molecular weight is 811 g/mol. The number of imidazole rings is 1. The molecule has 1 atom stereocenters. The molecule has 294 valence electrons. The number of rotatable bonds is 17. The number of H-pyrrole nitrogens is 1. The second-order valence-electron chi connectivity index (χ2n) is 13.0. The molecule has 0 unspecified atom stereocenters. The molecule has 0 saturated heterocycles. The number of nitro benzene ring substituents is 1. The number of carboxylic acid groups (broad SMARTS) is 1. The molecule has 0 saturated carbocycles. The number of nitrogens with one attached hydrogen (secondary N) is 4. The van der Waals surface area contributed by atoms with Crippen molar-refractivity contribution in [3.8, 4) is 16.9 Å². The summed E-state index contributed by atoms with van der Waals surface area (Å²) in [5.41, 5.74) is 2.07. The fourth-order valence-electron chi connectivity index (χ4n) is 6.25. The van der Waals surface area contributed by atoms with E-state index in [0.29, 0.717) is 48.2 Å². The summed E-state index contributed by atoms with van der Waals surface area (Å²) in [7, 11) is -4.77. The van der Waals surface area contributed by atoms with Gasteiger partial charge in [0.15, 0.2) is 5.75 Å². The van der Waals surface area contributed by atoms with Crippen molar-refractivity contribution in [1.82, 2.24) is 19.6 Å². The van der Waals surface area contributed by atoms with Crippen molar-refractivity contribution in [2.24, 2.45) is 0 Å². The van der Waals surface area contributed by atoms with E-state index in [1.807, 2.05) is 83.6 Å². The summed E-state index contributed by atoms with van der Waals surface area (Å²) in [4.78, 5) is 51.5. The third-order valence-corrected chi connectivity index (χ3v) is 11.6. The summed E-state index contributed by atoms with van der Waals surface area (Å²) in [6.45, 7) is 0.565. The Balaban J connectivity index is 1.21. The van der Waals surface area contributed by atoms with Crippen LogP contribution in [0, 0.1) is 10.1 Å². The summed E-state index contributed by atoms with van der Waals surface area (Å²) in [6.07, 6.45) is 0.101. The monoisotopic (exact) mass is 810 g/mol. The van der Waals surface area contributed by atoms with Gasteiger partial charge in [0.2, 0.25) is 0 Å². The molecule has 0 fully saturated rings. The Morgan fingerprint density at radius 3 is 2.26 bits per heavy atom. The third kappa shape index (κ3) is 10.00. The molecule has 0 aliphatic rings. The van der Waals surface area contributed by atoms with E-state index in [4.69, 9.17) is 5.11 Å². The number of phenols is 1. The maximum absolute atomic E-state index is 13.8. The molecule has 1 aromatic heterocycles. The number of unbranched alkanes of at least 4 members (excludes halogenated alkanes) is 1. The molecule has 5 aromatic carbocycles. The van der Waals surface area contributed by atoms with Gasteiger partial charge in [-0.1, -0.05) is 66.7 Å². The van der Waals surface area contributed by atoms with Crippen LogP contribution >= 0.6 is 11.8 Å². The number of nitrogens with zero attached hydrogens (tertiary/aromatic N) is 2.